The molecule has 18 heavy (non-hydrogen) atoms. The van der Waals surface area contributed by atoms with Crippen LogP contribution in [0.15, 0.2) is 42.6 Å². The molecule has 0 unspecified atom stereocenters. The number of aromatic nitrogens is 1. The molecular formula is C13H12ClN3O. The molecule has 0 saturated carbocycles. The summed E-state index contributed by atoms with van der Waals surface area (Å²) in [7, 11) is 0. The summed E-state index contributed by atoms with van der Waals surface area (Å²) < 4.78 is 1.60. The van der Waals surface area contributed by atoms with Crippen molar-refractivity contribution in [2.75, 3.05) is 0 Å². The molecule has 2 aromatic rings. The third kappa shape index (κ3) is 2.60. The van der Waals surface area contributed by atoms with E-state index in [1.165, 1.54) is 6.07 Å². The highest BCUT2D eigenvalue weighted by atomic mass is 35.5. The van der Waals surface area contributed by atoms with Crippen LogP contribution in [0.4, 0.5) is 0 Å². The fourth-order valence-corrected chi connectivity index (χ4v) is 1.93. The van der Waals surface area contributed by atoms with E-state index in [4.69, 9.17) is 22.7 Å². The second kappa shape index (κ2) is 5.06. The summed E-state index contributed by atoms with van der Waals surface area (Å²) in [4.78, 5) is 11.2. The Morgan fingerprint density at radius 1 is 1.33 bits per heavy atom. The molecule has 2 rings (SSSR count). The zero-order valence-electron chi connectivity index (χ0n) is 9.56. The summed E-state index contributed by atoms with van der Waals surface area (Å²) >= 11 is 5.92. The number of benzene rings is 1. The molecule has 0 bridgehead atoms. The van der Waals surface area contributed by atoms with Gasteiger partial charge in [-0.05, 0) is 11.6 Å². The minimum atomic E-state index is -0.649. The lowest BCUT2D eigenvalue weighted by atomic mass is 10.2. The van der Waals surface area contributed by atoms with Gasteiger partial charge in [-0.25, -0.2) is 0 Å². The fourth-order valence-electron chi connectivity index (χ4n) is 1.70. The number of carbonyl (C=O) groups excluding carboxylic acids is 1. The molecule has 0 fully saturated rings. The summed E-state index contributed by atoms with van der Waals surface area (Å²) in [6.45, 7) is 0.473. The maximum absolute atomic E-state index is 11.2. The number of hydrogen-bond acceptors (Lipinski definition) is 2. The third-order valence-electron chi connectivity index (χ3n) is 2.56. The van der Waals surface area contributed by atoms with Crippen molar-refractivity contribution in [3.8, 4) is 0 Å². The lowest BCUT2D eigenvalue weighted by molar-refractivity contribution is 0.0998. The molecule has 1 amide bonds. The van der Waals surface area contributed by atoms with Crippen molar-refractivity contribution in [2.45, 2.75) is 6.54 Å². The van der Waals surface area contributed by atoms with Crippen LogP contribution in [0, 0.1) is 5.41 Å². The first-order chi connectivity index (χ1) is 8.58. The molecule has 1 aromatic carbocycles. The second-order valence-electron chi connectivity index (χ2n) is 3.90. The van der Waals surface area contributed by atoms with Crippen LogP contribution < -0.4 is 11.2 Å². The molecule has 4 nitrogen and oxygen atoms in total. The molecule has 1 heterocycles. The van der Waals surface area contributed by atoms with Crippen molar-refractivity contribution >= 4 is 17.5 Å². The summed E-state index contributed by atoms with van der Waals surface area (Å²) in [5, 5.41) is 8.31. The Morgan fingerprint density at radius 3 is 2.61 bits per heavy atom. The van der Waals surface area contributed by atoms with Crippen molar-refractivity contribution in [1.82, 2.24) is 4.57 Å². The lowest BCUT2D eigenvalue weighted by Gasteiger charge is -2.09. The number of hydrogen-bond donors (Lipinski definition) is 2. The first-order valence-corrected chi connectivity index (χ1v) is 5.74. The predicted molar refractivity (Wildman–Crippen MR) is 69.4 cm³/mol. The van der Waals surface area contributed by atoms with Crippen molar-refractivity contribution in [2.24, 2.45) is 5.73 Å². The molecule has 0 atom stereocenters. The zero-order chi connectivity index (χ0) is 13.1. The Labute approximate surface area is 109 Å². The van der Waals surface area contributed by atoms with Gasteiger partial charge < -0.3 is 10.3 Å². The van der Waals surface area contributed by atoms with Crippen LogP contribution in [0.3, 0.4) is 0 Å². The molecule has 5 heteroatoms. The van der Waals surface area contributed by atoms with Gasteiger partial charge in [-0.15, -0.1) is 0 Å². The molecular weight excluding hydrogens is 250 g/mol. The summed E-state index contributed by atoms with van der Waals surface area (Å²) in [5.41, 5.74) is 6.43. The molecule has 0 aliphatic rings. The third-order valence-corrected chi connectivity index (χ3v) is 2.77. The van der Waals surface area contributed by atoms with E-state index in [0.29, 0.717) is 11.6 Å². The smallest absolute Gasteiger partial charge is 0.252 e. The van der Waals surface area contributed by atoms with Crippen molar-refractivity contribution in [3.63, 3.8) is 0 Å². The number of nitrogens with zero attached hydrogens (tertiary/aromatic N) is 1. The minimum Gasteiger partial charge on any atom is -0.365 e. The van der Waals surface area contributed by atoms with Gasteiger partial charge in [0, 0.05) is 12.7 Å². The van der Waals surface area contributed by atoms with E-state index in [1.807, 2.05) is 30.3 Å². The lowest BCUT2D eigenvalue weighted by Crippen LogP contribution is -2.29. The highest BCUT2D eigenvalue weighted by Gasteiger charge is 2.08. The molecule has 1 aromatic heterocycles. The van der Waals surface area contributed by atoms with Crippen LogP contribution >= 0.6 is 11.6 Å². The van der Waals surface area contributed by atoms with Crippen molar-refractivity contribution in [1.29, 1.82) is 5.41 Å². The van der Waals surface area contributed by atoms with E-state index in [-0.39, 0.29) is 11.1 Å². The Morgan fingerprint density at radius 2 is 2.00 bits per heavy atom. The van der Waals surface area contributed by atoms with Crippen LogP contribution in [0.1, 0.15) is 15.9 Å². The average molecular weight is 262 g/mol. The van der Waals surface area contributed by atoms with Gasteiger partial charge in [0.15, 0.2) is 0 Å². The van der Waals surface area contributed by atoms with Crippen LogP contribution in [-0.2, 0) is 6.54 Å². The largest absolute Gasteiger partial charge is 0.365 e. The molecule has 0 saturated heterocycles. The van der Waals surface area contributed by atoms with Gasteiger partial charge in [0.2, 0.25) is 0 Å². The minimum absolute atomic E-state index is 0.0655. The molecule has 0 radical (unpaired) electrons. The Balaban J connectivity index is 2.46. The number of pyridine rings is 1. The quantitative estimate of drug-likeness (QED) is 0.868. The van der Waals surface area contributed by atoms with Gasteiger partial charge in [0.05, 0.1) is 10.6 Å². The fraction of sp³-hybridized carbons (Fsp3) is 0.0769. The van der Waals surface area contributed by atoms with Crippen molar-refractivity contribution in [3.05, 3.63) is 64.2 Å². The van der Waals surface area contributed by atoms with Gasteiger partial charge >= 0.3 is 0 Å². The zero-order valence-corrected chi connectivity index (χ0v) is 10.3. The van der Waals surface area contributed by atoms with Gasteiger partial charge in [0.25, 0.3) is 5.91 Å². The second-order valence-corrected chi connectivity index (χ2v) is 4.33. The number of nitrogens with one attached hydrogen (secondary N) is 1. The number of carbonyl (C=O) groups is 1. The van der Waals surface area contributed by atoms with E-state index in [2.05, 4.69) is 0 Å². The molecule has 3 N–H and O–H groups in total. The summed E-state index contributed by atoms with van der Waals surface area (Å²) in [5.74, 6) is -0.649. The molecule has 92 valence electrons. The molecule has 0 aliphatic carbocycles. The summed E-state index contributed by atoms with van der Waals surface area (Å²) in [6, 6.07) is 11.0. The maximum atomic E-state index is 11.2. The van der Waals surface area contributed by atoms with Gasteiger partial charge in [0.1, 0.15) is 5.49 Å². The Kier molecular flexibility index (Phi) is 3.48. The van der Waals surface area contributed by atoms with Crippen molar-refractivity contribution < 1.29 is 4.79 Å². The van der Waals surface area contributed by atoms with E-state index in [1.54, 1.807) is 10.8 Å². The maximum Gasteiger partial charge on any atom is 0.252 e. The topological polar surface area (TPSA) is 71.9 Å². The number of primary amides is 1. The monoisotopic (exact) mass is 261 g/mol. The highest BCUT2D eigenvalue weighted by Crippen LogP contribution is 2.09. The van der Waals surface area contributed by atoms with Gasteiger partial charge in [-0.3, -0.25) is 10.2 Å². The van der Waals surface area contributed by atoms with E-state index >= 15 is 0 Å². The highest BCUT2D eigenvalue weighted by molar-refractivity contribution is 6.30. The number of nitrogens with two attached hydrogens (primary N) is 1. The average Bonchev–Trinajstić information content (AvgIpc) is 2.34. The number of halogens is 1. The van der Waals surface area contributed by atoms with E-state index in [9.17, 15) is 4.79 Å². The first kappa shape index (κ1) is 12.4. The van der Waals surface area contributed by atoms with E-state index in [0.717, 1.165) is 5.56 Å². The molecule has 0 spiro atoms. The van der Waals surface area contributed by atoms with Crippen LogP contribution in [0.25, 0.3) is 0 Å². The van der Waals surface area contributed by atoms with Gasteiger partial charge in [-0.2, -0.15) is 0 Å². The van der Waals surface area contributed by atoms with Crippen LogP contribution in [-0.4, -0.2) is 10.5 Å². The molecule has 0 aliphatic heterocycles. The SMILES string of the molecule is N=c1c(C(N)=O)cc(Cl)cn1Cc1ccccc1. The predicted octanol–water partition coefficient (Wildman–Crippen LogP) is 1.77. The summed E-state index contributed by atoms with van der Waals surface area (Å²) in [6.07, 6.45) is 1.61. The normalized spacial score (nSPS) is 10.3. The van der Waals surface area contributed by atoms with Crippen LogP contribution in [0.5, 0.6) is 0 Å². The van der Waals surface area contributed by atoms with Crippen LogP contribution in [0.2, 0.25) is 5.02 Å². The number of rotatable bonds is 3. The Hall–Kier alpha value is -2.07. The standard InChI is InChI=1S/C13H12ClN3O/c14-10-6-11(13(16)18)12(15)17(8-10)7-9-4-2-1-3-5-9/h1-6,8,15H,7H2,(H2,16,18). The van der Waals surface area contributed by atoms with E-state index < -0.39 is 5.91 Å². The van der Waals surface area contributed by atoms with Gasteiger partial charge in [-0.1, -0.05) is 41.9 Å². The Bertz CT molecular complexity index is 634. The first-order valence-electron chi connectivity index (χ1n) is 5.36. The number of amides is 1.